The van der Waals surface area contributed by atoms with Crippen molar-refractivity contribution in [1.29, 1.82) is 0 Å². The molecule has 1 aromatic heterocycles. The molecule has 0 saturated heterocycles. The fraction of sp³-hybridized carbons (Fsp3) is 0.643. The fourth-order valence-electron chi connectivity index (χ4n) is 1.94. The summed E-state index contributed by atoms with van der Waals surface area (Å²) in [6.45, 7) is 4.45. The van der Waals surface area contributed by atoms with Gasteiger partial charge in [0.15, 0.2) is 11.6 Å². The standard InChI is InChI=1S/C14H24N2O/c1-4-6-9-12(8-5-2)16-14-13(17-3)10-7-11-15-14/h7,10-12H,4-6,8-9H2,1-3H3,(H,15,16). The number of hydrogen-bond acceptors (Lipinski definition) is 3. The van der Waals surface area contributed by atoms with Gasteiger partial charge in [0.25, 0.3) is 0 Å². The van der Waals surface area contributed by atoms with Gasteiger partial charge >= 0.3 is 0 Å². The lowest BCUT2D eigenvalue weighted by Crippen LogP contribution is -2.20. The second kappa shape index (κ2) is 7.93. The van der Waals surface area contributed by atoms with E-state index in [1.807, 2.05) is 12.1 Å². The molecule has 0 amide bonds. The molecule has 0 aliphatic heterocycles. The van der Waals surface area contributed by atoms with Gasteiger partial charge in [-0.25, -0.2) is 4.98 Å². The minimum absolute atomic E-state index is 0.503. The minimum Gasteiger partial charge on any atom is -0.493 e. The van der Waals surface area contributed by atoms with Crippen LogP contribution >= 0.6 is 0 Å². The maximum atomic E-state index is 5.30. The molecule has 1 unspecified atom stereocenters. The van der Waals surface area contributed by atoms with Crippen molar-refractivity contribution in [3.8, 4) is 5.75 Å². The Bertz CT molecular complexity index is 315. The van der Waals surface area contributed by atoms with Gasteiger partial charge < -0.3 is 10.1 Å². The Morgan fingerprint density at radius 2 is 2.12 bits per heavy atom. The first kappa shape index (κ1) is 13.8. The average molecular weight is 236 g/mol. The predicted molar refractivity (Wildman–Crippen MR) is 72.6 cm³/mol. The summed E-state index contributed by atoms with van der Waals surface area (Å²) in [4.78, 5) is 4.34. The largest absolute Gasteiger partial charge is 0.493 e. The van der Waals surface area contributed by atoms with Gasteiger partial charge in [0.1, 0.15) is 0 Å². The van der Waals surface area contributed by atoms with Gasteiger partial charge in [-0.3, -0.25) is 0 Å². The number of nitrogens with zero attached hydrogens (tertiary/aromatic N) is 1. The van der Waals surface area contributed by atoms with E-state index in [0.717, 1.165) is 11.6 Å². The van der Waals surface area contributed by atoms with Crippen LogP contribution in [-0.4, -0.2) is 18.1 Å². The van der Waals surface area contributed by atoms with Crippen LogP contribution in [0.4, 0.5) is 5.82 Å². The zero-order valence-corrected chi connectivity index (χ0v) is 11.2. The number of anilines is 1. The van der Waals surface area contributed by atoms with Gasteiger partial charge in [0.05, 0.1) is 7.11 Å². The second-order valence-electron chi connectivity index (χ2n) is 4.33. The van der Waals surface area contributed by atoms with Gasteiger partial charge in [0.2, 0.25) is 0 Å². The van der Waals surface area contributed by atoms with Crippen LogP contribution in [0, 0.1) is 0 Å². The van der Waals surface area contributed by atoms with E-state index in [1.165, 1.54) is 32.1 Å². The van der Waals surface area contributed by atoms with E-state index in [2.05, 4.69) is 24.1 Å². The fourth-order valence-corrected chi connectivity index (χ4v) is 1.94. The van der Waals surface area contributed by atoms with E-state index in [9.17, 15) is 0 Å². The number of nitrogens with one attached hydrogen (secondary N) is 1. The minimum atomic E-state index is 0.503. The summed E-state index contributed by atoms with van der Waals surface area (Å²) >= 11 is 0. The van der Waals surface area contributed by atoms with Crippen LogP contribution in [0.25, 0.3) is 0 Å². The lowest BCUT2D eigenvalue weighted by Gasteiger charge is -2.19. The Labute approximate surface area is 105 Å². The molecule has 0 saturated carbocycles. The SMILES string of the molecule is CCCCC(CCC)Nc1ncccc1OC. The zero-order valence-electron chi connectivity index (χ0n) is 11.2. The highest BCUT2D eigenvalue weighted by atomic mass is 16.5. The predicted octanol–water partition coefficient (Wildman–Crippen LogP) is 3.86. The number of hydrogen-bond donors (Lipinski definition) is 1. The lowest BCUT2D eigenvalue weighted by molar-refractivity contribution is 0.413. The normalized spacial score (nSPS) is 12.2. The molecular weight excluding hydrogens is 212 g/mol. The first-order chi connectivity index (χ1) is 8.31. The third-order valence-corrected chi connectivity index (χ3v) is 2.87. The van der Waals surface area contributed by atoms with Crippen LogP contribution in [0.15, 0.2) is 18.3 Å². The van der Waals surface area contributed by atoms with Crippen molar-refractivity contribution in [3.63, 3.8) is 0 Å². The molecule has 1 aromatic rings. The van der Waals surface area contributed by atoms with E-state index in [4.69, 9.17) is 4.74 Å². The molecular formula is C14H24N2O. The van der Waals surface area contributed by atoms with E-state index < -0.39 is 0 Å². The molecule has 3 heteroatoms. The molecule has 0 radical (unpaired) electrons. The summed E-state index contributed by atoms with van der Waals surface area (Å²) < 4.78 is 5.30. The van der Waals surface area contributed by atoms with Crippen molar-refractivity contribution in [2.24, 2.45) is 0 Å². The highest BCUT2D eigenvalue weighted by Gasteiger charge is 2.10. The number of pyridine rings is 1. The Kier molecular flexibility index (Phi) is 6.45. The summed E-state index contributed by atoms with van der Waals surface area (Å²) in [6, 6.07) is 4.34. The topological polar surface area (TPSA) is 34.2 Å². The maximum absolute atomic E-state index is 5.30. The quantitative estimate of drug-likeness (QED) is 0.744. The number of unbranched alkanes of at least 4 members (excludes halogenated alkanes) is 1. The number of rotatable bonds is 8. The van der Waals surface area contributed by atoms with E-state index >= 15 is 0 Å². The summed E-state index contributed by atoms with van der Waals surface area (Å²) in [7, 11) is 1.68. The van der Waals surface area contributed by atoms with Crippen LogP contribution in [0.2, 0.25) is 0 Å². The molecule has 1 rings (SSSR count). The van der Waals surface area contributed by atoms with Crippen molar-refractivity contribution >= 4 is 5.82 Å². The van der Waals surface area contributed by atoms with Crippen LogP contribution in [0.1, 0.15) is 46.0 Å². The third-order valence-electron chi connectivity index (χ3n) is 2.87. The Balaban J connectivity index is 2.63. The number of ether oxygens (including phenoxy) is 1. The number of aromatic nitrogens is 1. The highest BCUT2D eigenvalue weighted by molar-refractivity contribution is 5.49. The Morgan fingerprint density at radius 1 is 1.29 bits per heavy atom. The molecule has 1 N–H and O–H groups in total. The zero-order chi connectivity index (χ0) is 12.5. The lowest BCUT2D eigenvalue weighted by atomic mass is 10.1. The van der Waals surface area contributed by atoms with E-state index in [-0.39, 0.29) is 0 Å². The van der Waals surface area contributed by atoms with Crippen molar-refractivity contribution in [2.75, 3.05) is 12.4 Å². The summed E-state index contributed by atoms with van der Waals surface area (Å²) in [6.07, 6.45) is 7.86. The van der Waals surface area contributed by atoms with Gasteiger partial charge in [-0.05, 0) is 25.0 Å². The highest BCUT2D eigenvalue weighted by Crippen LogP contribution is 2.23. The maximum Gasteiger partial charge on any atom is 0.168 e. The first-order valence-electron chi connectivity index (χ1n) is 6.57. The van der Waals surface area contributed by atoms with Crippen molar-refractivity contribution in [3.05, 3.63) is 18.3 Å². The molecule has 0 aromatic carbocycles. The Hall–Kier alpha value is -1.25. The molecule has 3 nitrogen and oxygen atoms in total. The summed E-state index contributed by atoms with van der Waals surface area (Å²) in [5, 5.41) is 3.50. The van der Waals surface area contributed by atoms with Crippen LogP contribution < -0.4 is 10.1 Å². The molecule has 0 aliphatic carbocycles. The average Bonchev–Trinajstić information content (AvgIpc) is 2.37. The molecule has 1 heterocycles. The third kappa shape index (κ3) is 4.63. The van der Waals surface area contributed by atoms with Crippen LogP contribution in [-0.2, 0) is 0 Å². The van der Waals surface area contributed by atoms with Gasteiger partial charge in [-0.1, -0.05) is 33.1 Å². The van der Waals surface area contributed by atoms with E-state index in [1.54, 1.807) is 13.3 Å². The smallest absolute Gasteiger partial charge is 0.168 e. The van der Waals surface area contributed by atoms with E-state index in [0.29, 0.717) is 6.04 Å². The molecule has 0 spiro atoms. The molecule has 0 fully saturated rings. The molecule has 17 heavy (non-hydrogen) atoms. The first-order valence-corrected chi connectivity index (χ1v) is 6.57. The van der Waals surface area contributed by atoms with Gasteiger partial charge in [-0.15, -0.1) is 0 Å². The monoisotopic (exact) mass is 236 g/mol. The van der Waals surface area contributed by atoms with Crippen molar-refractivity contribution in [2.45, 2.75) is 52.0 Å². The Morgan fingerprint density at radius 3 is 2.76 bits per heavy atom. The molecule has 1 atom stereocenters. The molecule has 0 bridgehead atoms. The van der Waals surface area contributed by atoms with Crippen molar-refractivity contribution in [1.82, 2.24) is 4.98 Å². The summed E-state index contributed by atoms with van der Waals surface area (Å²) in [5.41, 5.74) is 0. The van der Waals surface area contributed by atoms with Crippen LogP contribution in [0.3, 0.4) is 0 Å². The second-order valence-corrected chi connectivity index (χ2v) is 4.33. The van der Waals surface area contributed by atoms with Gasteiger partial charge in [0, 0.05) is 12.2 Å². The molecule has 0 aliphatic rings. The van der Waals surface area contributed by atoms with Crippen LogP contribution in [0.5, 0.6) is 5.75 Å². The molecule has 96 valence electrons. The van der Waals surface area contributed by atoms with Crippen molar-refractivity contribution < 1.29 is 4.74 Å². The number of methoxy groups -OCH3 is 1. The van der Waals surface area contributed by atoms with Gasteiger partial charge in [-0.2, -0.15) is 0 Å². The summed E-state index contributed by atoms with van der Waals surface area (Å²) in [5.74, 6) is 1.69.